The lowest BCUT2D eigenvalue weighted by atomic mass is 10.1. The zero-order chi connectivity index (χ0) is 18.4. The Bertz CT molecular complexity index is 770. The van der Waals surface area contributed by atoms with E-state index in [1.54, 1.807) is 6.07 Å². The second kappa shape index (κ2) is 8.33. The van der Waals surface area contributed by atoms with Crippen LogP contribution >= 0.6 is 0 Å². The van der Waals surface area contributed by atoms with Crippen LogP contribution in [-0.4, -0.2) is 24.6 Å². The number of carbonyl (C=O) groups excluding carboxylic acids is 2. The summed E-state index contributed by atoms with van der Waals surface area (Å²) in [6.45, 7) is 7.07. The molecule has 2 rings (SSSR count). The fourth-order valence-electron chi connectivity index (χ4n) is 2.25. The van der Waals surface area contributed by atoms with Crippen molar-refractivity contribution < 1.29 is 19.1 Å². The monoisotopic (exact) mass is 341 g/mol. The first-order chi connectivity index (χ1) is 11.8. The van der Waals surface area contributed by atoms with E-state index >= 15 is 0 Å². The molecule has 0 aliphatic heterocycles. The Kier molecular flexibility index (Phi) is 6.17. The van der Waals surface area contributed by atoms with Crippen LogP contribution in [-0.2, 0) is 14.3 Å². The number of ether oxygens (including phenoxy) is 2. The van der Waals surface area contributed by atoms with Gasteiger partial charge in [-0.25, -0.2) is 4.79 Å². The van der Waals surface area contributed by atoms with Crippen LogP contribution in [0.5, 0.6) is 5.75 Å². The molecule has 132 valence electrons. The van der Waals surface area contributed by atoms with Gasteiger partial charge in [-0.2, -0.15) is 0 Å². The number of esters is 1. The number of benzene rings is 2. The minimum Gasteiger partial charge on any atom is -0.482 e. The van der Waals surface area contributed by atoms with Crippen molar-refractivity contribution >= 4 is 17.6 Å². The van der Waals surface area contributed by atoms with Crippen molar-refractivity contribution in [3.8, 4) is 5.75 Å². The Labute approximate surface area is 148 Å². The van der Waals surface area contributed by atoms with Crippen molar-refractivity contribution in [1.29, 1.82) is 0 Å². The van der Waals surface area contributed by atoms with Crippen LogP contribution in [0, 0.1) is 20.8 Å². The second-order valence-electron chi connectivity index (χ2n) is 6.05. The molecule has 0 spiro atoms. The minimum atomic E-state index is -0.907. The Morgan fingerprint density at radius 3 is 2.48 bits per heavy atom. The van der Waals surface area contributed by atoms with E-state index in [2.05, 4.69) is 5.32 Å². The van der Waals surface area contributed by atoms with Gasteiger partial charge in [-0.15, -0.1) is 0 Å². The summed E-state index contributed by atoms with van der Waals surface area (Å²) in [6, 6.07) is 13.2. The zero-order valence-electron chi connectivity index (χ0n) is 15.0. The quantitative estimate of drug-likeness (QED) is 0.816. The fourth-order valence-corrected chi connectivity index (χ4v) is 2.25. The molecule has 5 nitrogen and oxygen atoms in total. The molecule has 0 radical (unpaired) electrons. The van der Waals surface area contributed by atoms with Crippen molar-refractivity contribution in [1.82, 2.24) is 0 Å². The van der Waals surface area contributed by atoms with Gasteiger partial charge in [-0.1, -0.05) is 24.3 Å². The number of rotatable bonds is 6. The molecule has 1 unspecified atom stereocenters. The maximum atomic E-state index is 12.1. The van der Waals surface area contributed by atoms with Crippen LogP contribution in [0.3, 0.4) is 0 Å². The molecular formula is C20H23NO4. The highest BCUT2D eigenvalue weighted by molar-refractivity contribution is 5.95. The largest absolute Gasteiger partial charge is 0.482 e. The SMILES string of the molecule is Cc1cccc(NC(=O)C(C)OC(=O)COc2cc(C)ccc2C)c1. The van der Waals surface area contributed by atoms with Crippen LogP contribution < -0.4 is 10.1 Å². The average Bonchev–Trinajstić information content (AvgIpc) is 2.55. The van der Waals surface area contributed by atoms with Crippen LogP contribution in [0.1, 0.15) is 23.6 Å². The zero-order valence-corrected chi connectivity index (χ0v) is 15.0. The Morgan fingerprint density at radius 1 is 1.04 bits per heavy atom. The molecule has 0 aliphatic rings. The molecule has 25 heavy (non-hydrogen) atoms. The van der Waals surface area contributed by atoms with Gasteiger partial charge in [0.25, 0.3) is 5.91 Å². The van der Waals surface area contributed by atoms with E-state index in [0.29, 0.717) is 11.4 Å². The number of carbonyl (C=O) groups is 2. The number of hydrogen-bond acceptors (Lipinski definition) is 4. The van der Waals surface area contributed by atoms with E-state index in [9.17, 15) is 9.59 Å². The van der Waals surface area contributed by atoms with Gasteiger partial charge < -0.3 is 14.8 Å². The number of nitrogens with one attached hydrogen (secondary N) is 1. The average molecular weight is 341 g/mol. The first kappa shape index (κ1) is 18.5. The van der Waals surface area contributed by atoms with Gasteiger partial charge in [0.1, 0.15) is 5.75 Å². The molecule has 5 heteroatoms. The molecule has 2 aromatic carbocycles. The van der Waals surface area contributed by atoms with Gasteiger partial charge >= 0.3 is 5.97 Å². The van der Waals surface area contributed by atoms with Crippen molar-refractivity contribution in [2.24, 2.45) is 0 Å². The maximum absolute atomic E-state index is 12.1. The van der Waals surface area contributed by atoms with E-state index in [4.69, 9.17) is 9.47 Å². The van der Waals surface area contributed by atoms with Crippen molar-refractivity contribution in [2.75, 3.05) is 11.9 Å². The molecule has 2 aromatic rings. The third-order valence-corrected chi connectivity index (χ3v) is 3.65. The highest BCUT2D eigenvalue weighted by Gasteiger charge is 2.18. The van der Waals surface area contributed by atoms with Gasteiger partial charge in [0, 0.05) is 5.69 Å². The molecule has 1 amide bonds. The van der Waals surface area contributed by atoms with Gasteiger partial charge in [0.2, 0.25) is 0 Å². The first-order valence-corrected chi connectivity index (χ1v) is 8.12. The molecule has 0 aliphatic carbocycles. The predicted octanol–water partition coefficient (Wildman–Crippen LogP) is 3.56. The fraction of sp³-hybridized carbons (Fsp3) is 0.300. The molecule has 0 heterocycles. The topological polar surface area (TPSA) is 64.6 Å². The minimum absolute atomic E-state index is 0.244. The number of amides is 1. The van der Waals surface area contributed by atoms with Crippen LogP contribution in [0.4, 0.5) is 5.69 Å². The lowest BCUT2D eigenvalue weighted by molar-refractivity contribution is -0.155. The summed E-state index contributed by atoms with van der Waals surface area (Å²) in [4.78, 5) is 24.0. The summed E-state index contributed by atoms with van der Waals surface area (Å²) in [5.41, 5.74) is 3.67. The van der Waals surface area contributed by atoms with Crippen molar-refractivity contribution in [3.63, 3.8) is 0 Å². The van der Waals surface area contributed by atoms with E-state index in [-0.39, 0.29) is 12.5 Å². The maximum Gasteiger partial charge on any atom is 0.344 e. The smallest absolute Gasteiger partial charge is 0.344 e. The Balaban J connectivity index is 1.84. The summed E-state index contributed by atoms with van der Waals surface area (Å²) in [5, 5.41) is 2.72. The standard InChI is InChI=1S/C20H23NO4/c1-13-6-5-7-17(10-13)21-20(23)16(4)25-19(22)12-24-18-11-14(2)8-9-15(18)3/h5-11,16H,12H2,1-4H3,(H,21,23). The van der Waals surface area contributed by atoms with Crippen LogP contribution in [0.25, 0.3) is 0 Å². The lowest BCUT2D eigenvalue weighted by Gasteiger charge is -2.15. The second-order valence-corrected chi connectivity index (χ2v) is 6.05. The summed E-state index contributed by atoms with van der Waals surface area (Å²) < 4.78 is 10.6. The third-order valence-electron chi connectivity index (χ3n) is 3.65. The molecule has 1 atom stereocenters. The van der Waals surface area contributed by atoms with Crippen molar-refractivity contribution in [2.45, 2.75) is 33.8 Å². The summed E-state index contributed by atoms with van der Waals surface area (Å²) in [5.74, 6) is -0.340. The Morgan fingerprint density at radius 2 is 1.76 bits per heavy atom. The predicted molar refractivity (Wildman–Crippen MR) is 96.8 cm³/mol. The number of anilines is 1. The first-order valence-electron chi connectivity index (χ1n) is 8.12. The molecule has 0 saturated heterocycles. The van der Waals surface area contributed by atoms with Gasteiger partial charge in [0.05, 0.1) is 0 Å². The number of aryl methyl sites for hydroxylation is 3. The van der Waals surface area contributed by atoms with Gasteiger partial charge in [-0.3, -0.25) is 4.79 Å². The normalized spacial score (nSPS) is 11.5. The third kappa shape index (κ3) is 5.64. The van der Waals surface area contributed by atoms with Crippen molar-refractivity contribution in [3.05, 3.63) is 59.2 Å². The highest BCUT2D eigenvalue weighted by atomic mass is 16.6. The van der Waals surface area contributed by atoms with Crippen LogP contribution in [0.15, 0.2) is 42.5 Å². The van der Waals surface area contributed by atoms with E-state index in [0.717, 1.165) is 16.7 Å². The lowest BCUT2D eigenvalue weighted by Crippen LogP contribution is -2.31. The highest BCUT2D eigenvalue weighted by Crippen LogP contribution is 2.19. The molecule has 0 bridgehead atoms. The number of hydrogen-bond donors (Lipinski definition) is 1. The summed E-state index contributed by atoms with van der Waals surface area (Å²) >= 11 is 0. The van der Waals surface area contributed by atoms with Gasteiger partial charge in [-0.05, 0) is 62.6 Å². The molecule has 0 fully saturated rings. The van der Waals surface area contributed by atoms with E-state index < -0.39 is 12.1 Å². The Hall–Kier alpha value is -2.82. The molecule has 1 N–H and O–H groups in total. The molecular weight excluding hydrogens is 318 g/mol. The molecule has 0 aromatic heterocycles. The van der Waals surface area contributed by atoms with Gasteiger partial charge in [0.15, 0.2) is 12.7 Å². The summed E-state index contributed by atoms with van der Waals surface area (Å²) in [6.07, 6.45) is -0.907. The summed E-state index contributed by atoms with van der Waals surface area (Å²) in [7, 11) is 0. The van der Waals surface area contributed by atoms with E-state index in [1.165, 1.54) is 6.92 Å². The van der Waals surface area contributed by atoms with E-state index in [1.807, 2.05) is 57.2 Å². The van der Waals surface area contributed by atoms with Crippen LogP contribution in [0.2, 0.25) is 0 Å². The molecule has 0 saturated carbocycles.